The highest BCUT2D eigenvalue weighted by molar-refractivity contribution is 5.74. The van der Waals surface area contributed by atoms with Crippen molar-refractivity contribution in [2.75, 3.05) is 40.8 Å². The van der Waals surface area contributed by atoms with E-state index in [-0.39, 0.29) is 12.1 Å². The summed E-state index contributed by atoms with van der Waals surface area (Å²) in [4.78, 5) is 16.9. The molecular formula is C21H36N4O. The summed E-state index contributed by atoms with van der Waals surface area (Å²) in [6.45, 7) is 2.54. The zero-order valence-electron chi connectivity index (χ0n) is 16.7. The van der Waals surface area contributed by atoms with Gasteiger partial charge in [0.15, 0.2) is 0 Å². The Morgan fingerprint density at radius 2 is 1.81 bits per heavy atom. The molecule has 0 heterocycles. The first-order chi connectivity index (χ1) is 12.6. The number of carbonyl (C=O) groups is 1. The van der Waals surface area contributed by atoms with E-state index in [1.807, 2.05) is 32.3 Å². The molecule has 1 saturated carbocycles. The molecule has 1 atom stereocenters. The van der Waals surface area contributed by atoms with Crippen LogP contribution in [0.4, 0.5) is 4.79 Å². The van der Waals surface area contributed by atoms with Crippen molar-refractivity contribution in [3.05, 3.63) is 35.9 Å². The van der Waals surface area contributed by atoms with Gasteiger partial charge in [0.1, 0.15) is 0 Å². The van der Waals surface area contributed by atoms with Crippen LogP contribution in [0, 0.1) is 0 Å². The minimum atomic E-state index is -0.0824. The van der Waals surface area contributed by atoms with Gasteiger partial charge in [-0.1, -0.05) is 49.6 Å². The van der Waals surface area contributed by atoms with Gasteiger partial charge in [0.25, 0.3) is 0 Å². The average molecular weight is 361 g/mol. The third-order valence-corrected chi connectivity index (χ3v) is 5.23. The summed E-state index contributed by atoms with van der Waals surface area (Å²) in [5, 5.41) is 6.13. The van der Waals surface area contributed by atoms with Gasteiger partial charge in [-0.2, -0.15) is 0 Å². The van der Waals surface area contributed by atoms with Crippen LogP contribution in [-0.4, -0.2) is 62.7 Å². The van der Waals surface area contributed by atoms with E-state index in [1.54, 1.807) is 0 Å². The number of urea groups is 1. The second-order valence-corrected chi connectivity index (χ2v) is 7.75. The van der Waals surface area contributed by atoms with Gasteiger partial charge in [-0.05, 0) is 52.5 Å². The minimum Gasteiger partial charge on any atom is -0.338 e. The van der Waals surface area contributed by atoms with Crippen molar-refractivity contribution < 1.29 is 4.79 Å². The first-order valence-corrected chi connectivity index (χ1v) is 10.0. The Balaban J connectivity index is 1.70. The van der Waals surface area contributed by atoms with Crippen molar-refractivity contribution in [2.24, 2.45) is 0 Å². The van der Waals surface area contributed by atoms with E-state index < -0.39 is 0 Å². The Morgan fingerprint density at radius 1 is 1.12 bits per heavy atom. The Kier molecular flexibility index (Phi) is 8.92. The molecule has 2 N–H and O–H groups in total. The fraction of sp³-hybridized carbons (Fsp3) is 0.667. The molecule has 0 spiro atoms. The molecule has 0 aliphatic heterocycles. The SMILES string of the molecule is CN(C)CC(NC(=O)NCCCN(C)C1CCCCC1)c1ccccc1. The van der Waals surface area contributed by atoms with Crippen molar-refractivity contribution in [1.29, 1.82) is 0 Å². The van der Waals surface area contributed by atoms with Crippen LogP contribution in [0.2, 0.25) is 0 Å². The Hall–Kier alpha value is -1.59. The minimum absolute atomic E-state index is 0.00360. The molecule has 1 unspecified atom stereocenters. The van der Waals surface area contributed by atoms with Crippen LogP contribution < -0.4 is 10.6 Å². The first-order valence-electron chi connectivity index (χ1n) is 10.0. The molecule has 26 heavy (non-hydrogen) atoms. The molecule has 1 aromatic carbocycles. The number of carbonyl (C=O) groups excluding carboxylic acids is 1. The second-order valence-electron chi connectivity index (χ2n) is 7.75. The van der Waals surface area contributed by atoms with E-state index in [0.717, 1.165) is 31.1 Å². The number of hydrogen-bond acceptors (Lipinski definition) is 3. The number of amides is 2. The fourth-order valence-corrected chi connectivity index (χ4v) is 3.73. The third kappa shape index (κ3) is 7.34. The van der Waals surface area contributed by atoms with E-state index in [2.05, 4.69) is 39.6 Å². The van der Waals surface area contributed by atoms with Gasteiger partial charge in [-0.3, -0.25) is 0 Å². The molecule has 5 nitrogen and oxygen atoms in total. The van der Waals surface area contributed by atoms with Crippen LogP contribution in [0.1, 0.15) is 50.1 Å². The highest BCUT2D eigenvalue weighted by Crippen LogP contribution is 2.21. The number of rotatable bonds is 9. The quantitative estimate of drug-likeness (QED) is 0.665. The lowest BCUT2D eigenvalue weighted by atomic mass is 9.94. The van der Waals surface area contributed by atoms with Crippen molar-refractivity contribution in [3.63, 3.8) is 0 Å². The molecule has 0 bridgehead atoms. The van der Waals surface area contributed by atoms with Crippen LogP contribution >= 0.6 is 0 Å². The van der Waals surface area contributed by atoms with Crippen LogP contribution in [0.15, 0.2) is 30.3 Å². The molecule has 5 heteroatoms. The summed E-state index contributed by atoms with van der Waals surface area (Å²) < 4.78 is 0. The second kappa shape index (κ2) is 11.2. The van der Waals surface area contributed by atoms with Gasteiger partial charge in [-0.25, -0.2) is 4.79 Å². The molecule has 0 radical (unpaired) electrons. The number of hydrogen-bond donors (Lipinski definition) is 2. The summed E-state index contributed by atoms with van der Waals surface area (Å²) >= 11 is 0. The lowest BCUT2D eigenvalue weighted by Crippen LogP contribution is -2.42. The maximum atomic E-state index is 12.3. The van der Waals surface area contributed by atoms with E-state index in [9.17, 15) is 4.79 Å². The predicted molar refractivity (Wildman–Crippen MR) is 108 cm³/mol. The van der Waals surface area contributed by atoms with E-state index in [1.165, 1.54) is 32.1 Å². The highest BCUT2D eigenvalue weighted by Gasteiger charge is 2.18. The average Bonchev–Trinajstić information content (AvgIpc) is 2.65. The molecule has 146 valence electrons. The molecule has 1 aliphatic rings. The Labute approximate surface area is 159 Å². The van der Waals surface area contributed by atoms with Crippen LogP contribution in [0.5, 0.6) is 0 Å². The standard InChI is InChI=1S/C21H36N4O/c1-24(2)17-20(18-11-6-4-7-12-18)23-21(26)22-15-10-16-25(3)19-13-8-5-9-14-19/h4,6-7,11-12,19-20H,5,8-10,13-17H2,1-3H3,(H2,22,23,26). The van der Waals surface area contributed by atoms with Gasteiger partial charge in [-0.15, -0.1) is 0 Å². The first kappa shape index (κ1) is 20.7. The smallest absolute Gasteiger partial charge is 0.315 e. The van der Waals surface area contributed by atoms with Crippen molar-refractivity contribution in [3.8, 4) is 0 Å². The van der Waals surface area contributed by atoms with Crippen LogP contribution in [0.3, 0.4) is 0 Å². The van der Waals surface area contributed by atoms with Crippen molar-refractivity contribution in [2.45, 2.75) is 50.6 Å². The van der Waals surface area contributed by atoms with Gasteiger partial charge in [0.2, 0.25) is 0 Å². The number of nitrogens with one attached hydrogen (secondary N) is 2. The Morgan fingerprint density at radius 3 is 2.46 bits per heavy atom. The normalized spacial score (nSPS) is 16.7. The van der Waals surface area contributed by atoms with E-state index >= 15 is 0 Å². The van der Waals surface area contributed by atoms with Crippen molar-refractivity contribution >= 4 is 6.03 Å². The lowest BCUT2D eigenvalue weighted by molar-refractivity contribution is 0.189. The summed E-state index contributed by atoms with van der Waals surface area (Å²) in [5.74, 6) is 0. The number of likely N-dealkylation sites (N-methyl/N-ethyl adjacent to an activating group) is 1. The van der Waals surface area contributed by atoms with Gasteiger partial charge in [0, 0.05) is 19.1 Å². The summed E-state index contributed by atoms with van der Waals surface area (Å²) in [7, 11) is 6.27. The molecule has 1 aliphatic carbocycles. The van der Waals surface area contributed by atoms with E-state index in [4.69, 9.17) is 0 Å². The lowest BCUT2D eigenvalue weighted by Gasteiger charge is -2.31. The Bertz CT molecular complexity index is 514. The molecule has 1 fully saturated rings. The predicted octanol–water partition coefficient (Wildman–Crippen LogP) is 3.24. The zero-order valence-corrected chi connectivity index (χ0v) is 16.7. The third-order valence-electron chi connectivity index (χ3n) is 5.23. The van der Waals surface area contributed by atoms with Gasteiger partial charge < -0.3 is 20.4 Å². The zero-order chi connectivity index (χ0) is 18.8. The summed E-state index contributed by atoms with van der Waals surface area (Å²) in [6, 6.07) is 10.8. The highest BCUT2D eigenvalue weighted by atomic mass is 16.2. The maximum Gasteiger partial charge on any atom is 0.315 e. The molecule has 0 saturated heterocycles. The summed E-state index contributed by atoms with van der Waals surface area (Å²) in [5.41, 5.74) is 1.13. The molecule has 2 rings (SSSR count). The van der Waals surface area contributed by atoms with Gasteiger partial charge >= 0.3 is 6.03 Å². The van der Waals surface area contributed by atoms with Crippen molar-refractivity contribution in [1.82, 2.24) is 20.4 Å². The van der Waals surface area contributed by atoms with E-state index in [0.29, 0.717) is 6.54 Å². The molecule has 1 aromatic rings. The molecular weight excluding hydrogens is 324 g/mol. The molecule has 0 aromatic heterocycles. The number of nitrogens with zero attached hydrogens (tertiary/aromatic N) is 2. The largest absolute Gasteiger partial charge is 0.338 e. The maximum absolute atomic E-state index is 12.3. The fourth-order valence-electron chi connectivity index (χ4n) is 3.73. The van der Waals surface area contributed by atoms with Gasteiger partial charge in [0.05, 0.1) is 6.04 Å². The van der Waals surface area contributed by atoms with Crippen LogP contribution in [0.25, 0.3) is 0 Å². The number of benzene rings is 1. The monoisotopic (exact) mass is 360 g/mol. The summed E-state index contributed by atoms with van der Waals surface area (Å²) in [6.07, 6.45) is 7.76. The molecule has 2 amide bonds. The topological polar surface area (TPSA) is 47.6 Å². The van der Waals surface area contributed by atoms with Crippen LogP contribution in [-0.2, 0) is 0 Å².